The molecule has 0 amide bonds. The maximum atomic E-state index is 10.3. The molecule has 0 unspecified atom stereocenters. The van der Waals surface area contributed by atoms with Crippen LogP contribution in [-0.2, 0) is 9.63 Å². The first kappa shape index (κ1) is 8.03. The molecule has 0 N–H and O–H groups in total. The van der Waals surface area contributed by atoms with Crippen LogP contribution >= 0.6 is 0 Å². The van der Waals surface area contributed by atoms with Crippen LogP contribution in [0, 0.1) is 4.91 Å². The highest BCUT2D eigenvalue weighted by molar-refractivity contribution is 5.71. The predicted molar refractivity (Wildman–Crippen MR) is 30.4 cm³/mol. The molecule has 0 aliphatic rings. The van der Waals surface area contributed by atoms with Crippen molar-refractivity contribution >= 4 is 5.97 Å². The van der Waals surface area contributed by atoms with Crippen LogP contribution in [0.4, 0.5) is 0 Å². The van der Waals surface area contributed by atoms with Crippen molar-refractivity contribution in [1.29, 1.82) is 0 Å². The van der Waals surface area contributed by atoms with Crippen molar-refractivity contribution in [1.82, 2.24) is 5.06 Å². The van der Waals surface area contributed by atoms with Gasteiger partial charge in [-0.05, 0) is 0 Å². The Kier molecular flexibility index (Phi) is 3.54. The number of carbonyl (C=O) groups excluding carboxylic acids is 1. The van der Waals surface area contributed by atoms with Crippen LogP contribution in [-0.4, -0.2) is 31.7 Å². The number of hydroxylamine groups is 2. The van der Waals surface area contributed by atoms with Crippen LogP contribution in [0.3, 0.4) is 0 Å². The molecule has 0 aromatic carbocycles. The van der Waals surface area contributed by atoms with Gasteiger partial charge in [0.1, 0.15) is 0 Å². The van der Waals surface area contributed by atoms with Gasteiger partial charge in [0, 0.05) is 14.1 Å². The first-order valence-electron chi connectivity index (χ1n) is 2.34. The number of nitroso groups, excluding NO2 is 1. The summed E-state index contributed by atoms with van der Waals surface area (Å²) in [5.74, 6) is -0.644. The Morgan fingerprint density at radius 3 is 2.56 bits per heavy atom. The van der Waals surface area contributed by atoms with E-state index in [2.05, 4.69) is 10.0 Å². The SMILES string of the molecule is CN(C)OC(=O)CN=O. The van der Waals surface area contributed by atoms with Gasteiger partial charge in [-0.3, -0.25) is 0 Å². The lowest BCUT2D eigenvalue weighted by Crippen LogP contribution is -2.19. The molecular weight excluding hydrogens is 124 g/mol. The molecule has 0 bridgehead atoms. The molecular formula is C4H8N2O3. The Bertz CT molecular complexity index is 112. The lowest BCUT2D eigenvalue weighted by atomic mass is 10.7. The standard InChI is InChI=1S/C4H8N2O3/c1-6(2)9-4(7)3-5-8/h3H2,1-2H3. The Morgan fingerprint density at radius 1 is 1.67 bits per heavy atom. The van der Waals surface area contributed by atoms with Gasteiger partial charge in [-0.15, -0.1) is 5.06 Å². The molecule has 9 heavy (non-hydrogen) atoms. The minimum atomic E-state index is -0.644. The molecule has 0 aliphatic heterocycles. The molecule has 0 aliphatic carbocycles. The van der Waals surface area contributed by atoms with Gasteiger partial charge in [-0.25, -0.2) is 4.79 Å². The Morgan fingerprint density at radius 2 is 2.22 bits per heavy atom. The van der Waals surface area contributed by atoms with E-state index in [0.717, 1.165) is 0 Å². The average Bonchev–Trinajstić information content (AvgIpc) is 1.63. The maximum Gasteiger partial charge on any atom is 0.350 e. The van der Waals surface area contributed by atoms with E-state index in [1.165, 1.54) is 5.06 Å². The molecule has 0 aromatic rings. The molecule has 0 radical (unpaired) electrons. The van der Waals surface area contributed by atoms with E-state index in [-0.39, 0.29) is 0 Å². The van der Waals surface area contributed by atoms with Crippen LogP contribution < -0.4 is 0 Å². The third-order valence-corrected chi connectivity index (χ3v) is 0.478. The monoisotopic (exact) mass is 132 g/mol. The lowest BCUT2D eigenvalue weighted by Gasteiger charge is -2.06. The van der Waals surface area contributed by atoms with E-state index in [4.69, 9.17) is 0 Å². The van der Waals surface area contributed by atoms with Gasteiger partial charge in [0.2, 0.25) is 0 Å². The lowest BCUT2D eigenvalue weighted by molar-refractivity contribution is -0.176. The van der Waals surface area contributed by atoms with Crippen LogP contribution in [0.15, 0.2) is 5.18 Å². The molecule has 5 nitrogen and oxygen atoms in total. The van der Waals surface area contributed by atoms with Gasteiger partial charge >= 0.3 is 5.97 Å². The second kappa shape index (κ2) is 3.96. The largest absolute Gasteiger partial charge is 0.367 e. The van der Waals surface area contributed by atoms with Gasteiger partial charge in [0.15, 0.2) is 6.54 Å². The number of rotatable bonds is 3. The van der Waals surface area contributed by atoms with Crippen molar-refractivity contribution in [3.05, 3.63) is 4.91 Å². The summed E-state index contributed by atoms with van der Waals surface area (Å²) in [5, 5.41) is 3.54. The predicted octanol–water partition coefficient (Wildman–Crippen LogP) is -0.227. The minimum absolute atomic E-state index is 0.432. The highest BCUT2D eigenvalue weighted by Gasteiger charge is 2.02. The third-order valence-electron chi connectivity index (χ3n) is 0.478. The molecule has 0 saturated carbocycles. The first-order valence-corrected chi connectivity index (χ1v) is 2.34. The van der Waals surface area contributed by atoms with Crippen molar-refractivity contribution < 1.29 is 9.63 Å². The van der Waals surface area contributed by atoms with Crippen molar-refractivity contribution in [2.24, 2.45) is 5.18 Å². The van der Waals surface area contributed by atoms with E-state index < -0.39 is 12.5 Å². The molecule has 0 aromatic heterocycles. The zero-order valence-corrected chi connectivity index (χ0v) is 5.33. The maximum absolute atomic E-state index is 10.3. The topological polar surface area (TPSA) is 59.0 Å². The number of carbonyl (C=O) groups is 1. The summed E-state index contributed by atoms with van der Waals surface area (Å²) in [6.45, 7) is -0.432. The van der Waals surface area contributed by atoms with Crippen molar-refractivity contribution in [2.45, 2.75) is 0 Å². The van der Waals surface area contributed by atoms with Gasteiger partial charge < -0.3 is 4.84 Å². The molecule has 52 valence electrons. The number of nitrogens with zero attached hydrogens (tertiary/aromatic N) is 2. The number of hydrogen-bond acceptors (Lipinski definition) is 5. The second-order valence-corrected chi connectivity index (χ2v) is 1.56. The Labute approximate surface area is 52.5 Å². The summed E-state index contributed by atoms with van der Waals surface area (Å²) in [7, 11) is 3.09. The average molecular weight is 132 g/mol. The quantitative estimate of drug-likeness (QED) is 0.393. The van der Waals surface area contributed by atoms with Gasteiger partial charge in [-0.2, -0.15) is 4.91 Å². The molecule has 0 heterocycles. The van der Waals surface area contributed by atoms with Crippen LogP contribution in [0.2, 0.25) is 0 Å². The summed E-state index contributed by atoms with van der Waals surface area (Å²) < 4.78 is 0. The highest BCUT2D eigenvalue weighted by Crippen LogP contribution is 1.80. The zero-order valence-electron chi connectivity index (χ0n) is 5.33. The molecule has 0 saturated heterocycles. The van der Waals surface area contributed by atoms with E-state index in [1.54, 1.807) is 14.1 Å². The second-order valence-electron chi connectivity index (χ2n) is 1.56. The van der Waals surface area contributed by atoms with E-state index in [0.29, 0.717) is 0 Å². The van der Waals surface area contributed by atoms with Gasteiger partial charge in [0.05, 0.1) is 0 Å². The fraction of sp³-hybridized carbons (Fsp3) is 0.750. The fourth-order valence-electron chi connectivity index (χ4n) is 0.285. The molecule has 0 spiro atoms. The summed E-state index contributed by atoms with van der Waals surface area (Å²) >= 11 is 0. The molecule has 5 heteroatoms. The minimum Gasteiger partial charge on any atom is -0.367 e. The van der Waals surface area contributed by atoms with E-state index >= 15 is 0 Å². The fourth-order valence-corrected chi connectivity index (χ4v) is 0.285. The number of hydrogen-bond donors (Lipinski definition) is 0. The summed E-state index contributed by atoms with van der Waals surface area (Å²) in [6.07, 6.45) is 0. The normalized spacial score (nSPS) is 9.22. The summed E-state index contributed by atoms with van der Waals surface area (Å²) in [4.78, 5) is 24.1. The Balaban J connectivity index is 3.38. The summed E-state index contributed by atoms with van der Waals surface area (Å²) in [5.41, 5.74) is 0. The van der Waals surface area contributed by atoms with Crippen molar-refractivity contribution in [2.75, 3.05) is 20.6 Å². The molecule has 0 rings (SSSR count). The van der Waals surface area contributed by atoms with Crippen molar-refractivity contribution in [3.8, 4) is 0 Å². The van der Waals surface area contributed by atoms with Crippen LogP contribution in [0.25, 0.3) is 0 Å². The van der Waals surface area contributed by atoms with E-state index in [1.807, 2.05) is 0 Å². The van der Waals surface area contributed by atoms with Crippen LogP contribution in [0.1, 0.15) is 0 Å². The molecule has 0 fully saturated rings. The van der Waals surface area contributed by atoms with Gasteiger partial charge in [0.25, 0.3) is 0 Å². The van der Waals surface area contributed by atoms with E-state index in [9.17, 15) is 9.70 Å². The van der Waals surface area contributed by atoms with Crippen molar-refractivity contribution in [3.63, 3.8) is 0 Å². The third kappa shape index (κ3) is 4.89. The highest BCUT2D eigenvalue weighted by atomic mass is 16.7. The molecule has 0 atom stereocenters. The van der Waals surface area contributed by atoms with Crippen LogP contribution in [0.5, 0.6) is 0 Å². The first-order chi connectivity index (χ1) is 4.16. The smallest absolute Gasteiger partial charge is 0.350 e. The Hall–Kier alpha value is -0.970. The summed E-state index contributed by atoms with van der Waals surface area (Å²) in [6, 6.07) is 0. The van der Waals surface area contributed by atoms with Gasteiger partial charge in [-0.1, -0.05) is 5.18 Å². The zero-order chi connectivity index (χ0) is 7.28.